The van der Waals surface area contributed by atoms with E-state index in [0.717, 1.165) is 12.1 Å². The molecule has 0 atom stereocenters. The number of nitrogens with zero attached hydrogens (tertiary/aromatic N) is 1. The number of hydrogen-bond acceptors (Lipinski definition) is 7. The second-order valence-corrected chi connectivity index (χ2v) is 10.0. The van der Waals surface area contributed by atoms with Crippen LogP contribution in [0.3, 0.4) is 0 Å². The van der Waals surface area contributed by atoms with Gasteiger partial charge in [0.25, 0.3) is 0 Å². The fourth-order valence-corrected chi connectivity index (χ4v) is 5.69. The molecule has 2 aromatic carbocycles. The number of nitrogens with two attached hydrogens (primary N) is 1. The number of sulfone groups is 1. The first-order valence-corrected chi connectivity index (χ1v) is 11.8. The maximum atomic E-state index is 13.4. The highest BCUT2D eigenvalue weighted by molar-refractivity contribution is 7.93. The Balaban J connectivity index is 0.00000432. The minimum atomic E-state index is -4.80. The first-order chi connectivity index (χ1) is 16.0. The fourth-order valence-electron chi connectivity index (χ4n) is 3.76. The molecule has 1 fully saturated rings. The molecule has 0 saturated carbocycles. The lowest BCUT2D eigenvalue weighted by atomic mass is 9.95. The van der Waals surface area contributed by atoms with E-state index in [9.17, 15) is 26.4 Å². The Hall–Kier alpha value is -2.54. The molecule has 13 heteroatoms. The number of hydrogen-bond donors (Lipinski definition) is 1. The van der Waals surface area contributed by atoms with Gasteiger partial charge < -0.3 is 24.8 Å². The van der Waals surface area contributed by atoms with Crippen LogP contribution in [-0.4, -0.2) is 63.7 Å². The number of ether oxygens (including phenoxy) is 3. The summed E-state index contributed by atoms with van der Waals surface area (Å²) in [5, 5.41) is 0. The van der Waals surface area contributed by atoms with Gasteiger partial charge in [0.1, 0.15) is 17.2 Å². The Morgan fingerprint density at radius 3 is 1.94 bits per heavy atom. The summed E-state index contributed by atoms with van der Waals surface area (Å²) in [6, 6.07) is 10.2. The van der Waals surface area contributed by atoms with Gasteiger partial charge >= 0.3 is 6.36 Å². The Kier molecular flexibility index (Phi) is 9.40. The number of alkyl halides is 3. The van der Waals surface area contributed by atoms with Gasteiger partial charge in [0, 0.05) is 26.7 Å². The predicted octanol–water partition coefficient (Wildman–Crippen LogP) is 3.54. The zero-order valence-electron chi connectivity index (χ0n) is 18.8. The van der Waals surface area contributed by atoms with Gasteiger partial charge in [-0.2, -0.15) is 0 Å². The average Bonchev–Trinajstić information content (AvgIpc) is 2.78. The van der Waals surface area contributed by atoms with Crippen molar-refractivity contribution in [2.75, 3.05) is 33.4 Å². The number of carbonyl (C=O) groups is 1. The van der Waals surface area contributed by atoms with Crippen molar-refractivity contribution in [3.8, 4) is 17.2 Å². The molecule has 0 bridgehead atoms. The minimum Gasteiger partial charge on any atom is -0.457 e. The summed E-state index contributed by atoms with van der Waals surface area (Å²) in [6.45, 7) is 1.90. The third-order valence-corrected chi connectivity index (χ3v) is 8.20. The number of amides is 1. The molecular weight excluding hydrogens is 513 g/mol. The van der Waals surface area contributed by atoms with Crippen molar-refractivity contribution >= 4 is 28.2 Å². The Labute approximate surface area is 207 Å². The molecular formula is C22H26ClF3N2O6S. The largest absolute Gasteiger partial charge is 0.573 e. The first kappa shape index (κ1) is 28.7. The molecule has 8 nitrogen and oxygen atoms in total. The molecule has 0 spiro atoms. The number of benzene rings is 2. The van der Waals surface area contributed by atoms with Gasteiger partial charge in [-0.15, -0.1) is 25.6 Å². The molecule has 0 aromatic heterocycles. The Bertz CT molecular complexity index is 1090. The van der Waals surface area contributed by atoms with Crippen molar-refractivity contribution in [1.82, 2.24) is 4.90 Å². The minimum absolute atomic E-state index is 0. The van der Waals surface area contributed by atoms with E-state index in [4.69, 9.17) is 15.2 Å². The lowest BCUT2D eigenvalue weighted by Gasteiger charge is -2.38. The second-order valence-electron chi connectivity index (χ2n) is 7.79. The average molecular weight is 539 g/mol. The van der Waals surface area contributed by atoms with Crippen LogP contribution < -0.4 is 15.2 Å². The summed E-state index contributed by atoms with van der Waals surface area (Å²) in [5.74, 6) is -0.806. The van der Waals surface area contributed by atoms with Crippen molar-refractivity contribution in [2.45, 2.75) is 28.8 Å². The summed E-state index contributed by atoms with van der Waals surface area (Å²) >= 11 is 0. The quantitative estimate of drug-likeness (QED) is 0.520. The highest BCUT2D eigenvalue weighted by Crippen LogP contribution is 2.36. The van der Waals surface area contributed by atoms with Crippen LogP contribution >= 0.6 is 12.4 Å². The summed E-state index contributed by atoms with van der Waals surface area (Å²) in [7, 11) is -2.51. The van der Waals surface area contributed by atoms with Gasteiger partial charge in [-0.25, -0.2) is 8.42 Å². The molecule has 1 saturated heterocycles. The van der Waals surface area contributed by atoms with E-state index in [1.165, 1.54) is 36.4 Å². The Morgan fingerprint density at radius 2 is 1.49 bits per heavy atom. The van der Waals surface area contributed by atoms with Crippen molar-refractivity contribution < 1.29 is 40.6 Å². The van der Waals surface area contributed by atoms with Crippen molar-refractivity contribution in [3.63, 3.8) is 0 Å². The number of methoxy groups -OCH3 is 1. The van der Waals surface area contributed by atoms with Gasteiger partial charge in [-0.1, -0.05) is 0 Å². The maximum Gasteiger partial charge on any atom is 0.573 e. The molecule has 2 N–H and O–H groups in total. The topological polar surface area (TPSA) is 108 Å². The monoisotopic (exact) mass is 538 g/mol. The van der Waals surface area contributed by atoms with Crippen LogP contribution in [0.4, 0.5) is 13.2 Å². The van der Waals surface area contributed by atoms with Crippen molar-refractivity contribution in [1.29, 1.82) is 0 Å². The maximum absolute atomic E-state index is 13.4. The molecule has 35 heavy (non-hydrogen) atoms. The molecule has 1 aliphatic rings. The second kappa shape index (κ2) is 11.5. The van der Waals surface area contributed by atoms with Gasteiger partial charge in [0.15, 0.2) is 14.6 Å². The van der Waals surface area contributed by atoms with Crippen molar-refractivity contribution in [3.05, 3.63) is 48.5 Å². The van der Waals surface area contributed by atoms with Crippen LogP contribution in [0, 0.1) is 0 Å². The van der Waals surface area contributed by atoms with E-state index in [-0.39, 0.29) is 41.6 Å². The van der Waals surface area contributed by atoms with Crippen LogP contribution in [0.5, 0.6) is 17.2 Å². The van der Waals surface area contributed by atoms with Crippen LogP contribution in [0.25, 0.3) is 0 Å². The zero-order valence-corrected chi connectivity index (χ0v) is 20.4. The molecule has 1 heterocycles. The number of primary amides is 1. The standard InChI is InChI=1S/C22H25F3N2O6S.ClH/c1-31-15-14-27-12-10-21(11-13-27,20(26)28)34(29,30)19-8-6-17(7-9-19)32-16-2-4-18(5-3-16)33-22(23,24)25;/h2-9H,10-15H2,1H3,(H2,26,28);1H. The molecule has 1 aliphatic heterocycles. The summed E-state index contributed by atoms with van der Waals surface area (Å²) in [6.07, 6.45) is -4.66. The van der Waals surface area contributed by atoms with E-state index in [1.54, 1.807) is 7.11 Å². The SMILES string of the molecule is COCCN1CCC(C(N)=O)(S(=O)(=O)c2ccc(Oc3ccc(OC(F)(F)F)cc3)cc2)CC1.Cl. The third-order valence-electron chi connectivity index (χ3n) is 5.67. The van der Waals surface area contributed by atoms with Crippen LogP contribution in [0.15, 0.2) is 53.4 Å². The van der Waals surface area contributed by atoms with E-state index < -0.39 is 32.6 Å². The van der Waals surface area contributed by atoms with Gasteiger partial charge in [0.2, 0.25) is 5.91 Å². The number of carbonyl (C=O) groups excluding carboxylic acids is 1. The molecule has 3 rings (SSSR count). The predicted molar refractivity (Wildman–Crippen MR) is 124 cm³/mol. The summed E-state index contributed by atoms with van der Waals surface area (Å²) in [4.78, 5) is 14.3. The lowest BCUT2D eigenvalue weighted by molar-refractivity contribution is -0.274. The molecule has 0 radical (unpaired) electrons. The van der Waals surface area contributed by atoms with Crippen LogP contribution in [-0.2, 0) is 19.4 Å². The fraction of sp³-hybridized carbons (Fsp3) is 0.409. The summed E-state index contributed by atoms with van der Waals surface area (Å²) in [5.41, 5.74) is 5.59. The van der Waals surface area contributed by atoms with E-state index >= 15 is 0 Å². The van der Waals surface area contributed by atoms with Gasteiger partial charge in [0.05, 0.1) is 11.5 Å². The molecule has 2 aromatic rings. The van der Waals surface area contributed by atoms with Gasteiger partial charge in [-0.05, 0) is 61.4 Å². The number of halogens is 4. The molecule has 1 amide bonds. The number of likely N-dealkylation sites (tertiary alicyclic amines) is 1. The van der Waals surface area contributed by atoms with E-state index in [2.05, 4.69) is 4.74 Å². The van der Waals surface area contributed by atoms with Gasteiger partial charge in [-0.3, -0.25) is 4.79 Å². The van der Waals surface area contributed by atoms with Crippen LogP contribution in [0.2, 0.25) is 0 Å². The molecule has 194 valence electrons. The molecule has 0 aliphatic carbocycles. The van der Waals surface area contributed by atoms with Crippen LogP contribution in [0.1, 0.15) is 12.8 Å². The number of rotatable bonds is 9. The number of piperidine rings is 1. The first-order valence-electron chi connectivity index (χ1n) is 10.4. The van der Waals surface area contributed by atoms with E-state index in [0.29, 0.717) is 26.2 Å². The highest BCUT2D eigenvalue weighted by Gasteiger charge is 2.51. The lowest BCUT2D eigenvalue weighted by Crippen LogP contribution is -2.57. The molecule has 0 unspecified atom stereocenters. The smallest absolute Gasteiger partial charge is 0.457 e. The highest BCUT2D eigenvalue weighted by atomic mass is 35.5. The van der Waals surface area contributed by atoms with E-state index in [1.807, 2.05) is 4.90 Å². The van der Waals surface area contributed by atoms with Crippen molar-refractivity contribution in [2.24, 2.45) is 5.73 Å². The summed E-state index contributed by atoms with van der Waals surface area (Å²) < 4.78 is 76.3. The zero-order chi connectivity index (χ0) is 25.0. The Morgan fingerprint density at radius 1 is 1.00 bits per heavy atom. The third kappa shape index (κ3) is 6.78. The normalized spacial score (nSPS) is 16.2.